The molecule has 2 aliphatic heterocycles. The molecule has 7 heteroatoms. The van der Waals surface area contributed by atoms with E-state index in [9.17, 15) is 18.0 Å². The van der Waals surface area contributed by atoms with E-state index in [0.29, 0.717) is 30.5 Å². The number of amides is 2. The molecule has 0 aromatic heterocycles. The van der Waals surface area contributed by atoms with Gasteiger partial charge in [0.05, 0.1) is 27.6 Å². The van der Waals surface area contributed by atoms with Crippen molar-refractivity contribution in [3.05, 3.63) is 89.5 Å². The fraction of sp³-hybridized carbons (Fsp3) is 0.286. The second kappa shape index (κ2) is 8.96. The normalized spacial score (nSPS) is 21.1. The van der Waals surface area contributed by atoms with Crippen molar-refractivity contribution >= 4 is 27.3 Å². The molecule has 2 heterocycles. The molecule has 0 unspecified atom stereocenters. The predicted molar refractivity (Wildman–Crippen MR) is 134 cm³/mol. The number of piperidine rings is 1. The van der Waals surface area contributed by atoms with Crippen LogP contribution in [0.5, 0.6) is 0 Å². The summed E-state index contributed by atoms with van der Waals surface area (Å²) in [5.74, 6) is 0.248. The zero-order valence-electron chi connectivity index (χ0n) is 19.8. The van der Waals surface area contributed by atoms with Crippen molar-refractivity contribution in [3.8, 4) is 0 Å². The van der Waals surface area contributed by atoms with Gasteiger partial charge in [-0.1, -0.05) is 56.3 Å². The van der Waals surface area contributed by atoms with Crippen LogP contribution < -0.4 is 4.90 Å². The van der Waals surface area contributed by atoms with E-state index >= 15 is 0 Å². The molecule has 2 amide bonds. The molecule has 1 saturated heterocycles. The summed E-state index contributed by atoms with van der Waals surface area (Å²) in [7, 11) is -3.97. The summed E-state index contributed by atoms with van der Waals surface area (Å²) in [6, 6.07) is 20.3. The van der Waals surface area contributed by atoms with Crippen LogP contribution in [0.3, 0.4) is 0 Å². The molecule has 0 saturated carbocycles. The van der Waals surface area contributed by atoms with Crippen molar-refractivity contribution < 1.29 is 18.0 Å². The first-order valence-electron chi connectivity index (χ1n) is 11.9. The Morgan fingerprint density at radius 3 is 2.26 bits per heavy atom. The first-order chi connectivity index (χ1) is 16.8. The molecule has 0 radical (unpaired) electrons. The van der Waals surface area contributed by atoms with E-state index in [0.717, 1.165) is 12.0 Å². The summed E-state index contributed by atoms with van der Waals surface area (Å²) in [4.78, 5) is 30.5. The monoisotopic (exact) mass is 488 g/mol. The molecule has 0 bridgehead atoms. The van der Waals surface area contributed by atoms with Crippen molar-refractivity contribution in [3.63, 3.8) is 0 Å². The van der Waals surface area contributed by atoms with Crippen LogP contribution in [-0.2, 0) is 16.4 Å². The minimum atomic E-state index is -3.97. The summed E-state index contributed by atoms with van der Waals surface area (Å²) in [5, 5.41) is 0. The number of anilines is 1. The number of hydrogen-bond donors (Lipinski definition) is 0. The van der Waals surface area contributed by atoms with Gasteiger partial charge in [0, 0.05) is 18.7 Å². The zero-order chi connectivity index (χ0) is 24.7. The largest absolute Gasteiger partial charge is 0.338 e. The molecular formula is C28H28N2O4S. The minimum Gasteiger partial charge on any atom is -0.338 e. The van der Waals surface area contributed by atoms with Crippen LogP contribution in [0.1, 0.15) is 46.5 Å². The lowest BCUT2D eigenvalue weighted by Crippen LogP contribution is -2.42. The van der Waals surface area contributed by atoms with Gasteiger partial charge in [-0.05, 0) is 54.2 Å². The third-order valence-corrected chi connectivity index (χ3v) is 8.64. The van der Waals surface area contributed by atoms with Crippen molar-refractivity contribution in [2.45, 2.75) is 36.6 Å². The van der Waals surface area contributed by atoms with Crippen LogP contribution in [0, 0.1) is 11.8 Å². The van der Waals surface area contributed by atoms with E-state index in [4.69, 9.17) is 0 Å². The minimum absolute atomic E-state index is 0.0143. The molecule has 1 fully saturated rings. The summed E-state index contributed by atoms with van der Waals surface area (Å²) in [5.41, 5.74) is 1.61. The van der Waals surface area contributed by atoms with Gasteiger partial charge in [0.2, 0.25) is 9.84 Å². The van der Waals surface area contributed by atoms with Gasteiger partial charge in [-0.15, -0.1) is 0 Å². The molecule has 0 aliphatic carbocycles. The van der Waals surface area contributed by atoms with E-state index in [1.165, 1.54) is 17.0 Å². The smallest absolute Gasteiger partial charge is 0.259 e. The molecule has 3 aromatic carbocycles. The van der Waals surface area contributed by atoms with E-state index in [1.807, 2.05) is 35.2 Å². The Bertz CT molecular complexity index is 1390. The molecule has 3 aromatic rings. The van der Waals surface area contributed by atoms with Gasteiger partial charge in [-0.25, -0.2) is 8.42 Å². The van der Waals surface area contributed by atoms with Crippen molar-refractivity contribution in [2.75, 3.05) is 18.0 Å². The number of likely N-dealkylation sites (tertiary alicyclic amines) is 1. The number of carbonyl (C=O) groups is 2. The average molecular weight is 489 g/mol. The van der Waals surface area contributed by atoms with Gasteiger partial charge in [0.15, 0.2) is 0 Å². The maximum Gasteiger partial charge on any atom is 0.259 e. The summed E-state index contributed by atoms with van der Waals surface area (Å²) < 4.78 is 27.3. The highest BCUT2D eigenvalue weighted by Gasteiger charge is 2.36. The van der Waals surface area contributed by atoms with Crippen molar-refractivity contribution in [2.24, 2.45) is 11.8 Å². The van der Waals surface area contributed by atoms with Gasteiger partial charge in [0.25, 0.3) is 11.8 Å². The Morgan fingerprint density at radius 1 is 0.886 bits per heavy atom. The van der Waals surface area contributed by atoms with Gasteiger partial charge in [0.1, 0.15) is 0 Å². The molecule has 6 nitrogen and oxygen atoms in total. The quantitative estimate of drug-likeness (QED) is 0.531. The van der Waals surface area contributed by atoms with Crippen LogP contribution in [0.25, 0.3) is 0 Å². The Labute approximate surface area is 206 Å². The summed E-state index contributed by atoms with van der Waals surface area (Å²) >= 11 is 0. The van der Waals surface area contributed by atoms with Crippen LogP contribution in [0.4, 0.5) is 5.69 Å². The zero-order valence-corrected chi connectivity index (χ0v) is 20.7. The molecule has 35 heavy (non-hydrogen) atoms. The number of benzene rings is 3. The number of nitrogens with zero attached hydrogens (tertiary/aromatic N) is 2. The van der Waals surface area contributed by atoms with Crippen LogP contribution in [-0.4, -0.2) is 38.2 Å². The summed E-state index contributed by atoms with van der Waals surface area (Å²) in [6.45, 7) is 5.79. The van der Waals surface area contributed by atoms with Crippen LogP contribution in [0.2, 0.25) is 0 Å². The number of fused-ring (bicyclic) bond motifs is 2. The molecule has 0 spiro atoms. The number of hydrogen-bond acceptors (Lipinski definition) is 4. The molecule has 180 valence electrons. The lowest BCUT2D eigenvalue weighted by atomic mass is 9.91. The highest BCUT2D eigenvalue weighted by molar-refractivity contribution is 7.91. The third kappa shape index (κ3) is 4.25. The lowest BCUT2D eigenvalue weighted by molar-refractivity contribution is 0.0623. The Morgan fingerprint density at radius 2 is 1.54 bits per heavy atom. The maximum absolute atomic E-state index is 13.7. The van der Waals surface area contributed by atoms with Crippen LogP contribution >= 0.6 is 0 Å². The predicted octanol–water partition coefficient (Wildman–Crippen LogP) is 4.80. The second-order valence-corrected chi connectivity index (χ2v) is 11.6. The van der Waals surface area contributed by atoms with Gasteiger partial charge in [-0.2, -0.15) is 0 Å². The fourth-order valence-corrected chi connectivity index (χ4v) is 6.90. The molecule has 2 atom stereocenters. The molecule has 5 rings (SSSR count). The third-order valence-electron chi connectivity index (χ3n) is 6.78. The van der Waals surface area contributed by atoms with Gasteiger partial charge in [-0.3, -0.25) is 9.59 Å². The first kappa shape index (κ1) is 23.3. The van der Waals surface area contributed by atoms with Crippen molar-refractivity contribution in [1.82, 2.24) is 4.90 Å². The van der Waals surface area contributed by atoms with E-state index < -0.39 is 15.7 Å². The Hall–Kier alpha value is -3.45. The first-order valence-corrected chi connectivity index (χ1v) is 13.4. The fourth-order valence-electron chi connectivity index (χ4n) is 5.27. The Balaban J connectivity index is 1.65. The standard InChI is InChI=1S/C28H28N2O4S/c1-19-14-20(2)17-29(16-19)27(31)22-12-13-26-24(15-22)30(18-21-8-4-3-5-9-21)28(32)23-10-6-7-11-25(23)35(26,33)34/h3-13,15,19-20H,14,16-18H2,1-2H3/t19-,20-/m0/s1. The van der Waals surface area contributed by atoms with E-state index in [2.05, 4.69) is 13.8 Å². The van der Waals surface area contributed by atoms with Gasteiger partial charge < -0.3 is 9.80 Å². The summed E-state index contributed by atoms with van der Waals surface area (Å²) in [6.07, 6.45) is 1.07. The number of rotatable bonds is 3. The molecule has 2 aliphatic rings. The molecular weight excluding hydrogens is 460 g/mol. The van der Waals surface area contributed by atoms with Gasteiger partial charge >= 0.3 is 0 Å². The van der Waals surface area contributed by atoms with Crippen molar-refractivity contribution in [1.29, 1.82) is 0 Å². The number of carbonyl (C=O) groups excluding carboxylic acids is 2. The molecule has 0 N–H and O–H groups in total. The highest BCUT2D eigenvalue weighted by Crippen LogP contribution is 2.38. The van der Waals surface area contributed by atoms with Crippen LogP contribution in [0.15, 0.2) is 82.6 Å². The number of sulfone groups is 1. The average Bonchev–Trinajstić information content (AvgIpc) is 2.92. The highest BCUT2D eigenvalue weighted by atomic mass is 32.2. The second-order valence-electron chi connectivity index (χ2n) is 9.72. The Kier molecular flexibility index (Phi) is 5.97. The van der Waals surface area contributed by atoms with E-state index in [-0.39, 0.29) is 33.5 Å². The SMILES string of the molecule is C[C@H]1C[C@H](C)CN(C(=O)c2ccc3c(c2)N(Cc2ccccc2)C(=O)c2ccccc2S3(=O)=O)C1. The lowest BCUT2D eigenvalue weighted by Gasteiger charge is -2.35. The maximum atomic E-state index is 13.7. The topological polar surface area (TPSA) is 74.8 Å². The van der Waals surface area contributed by atoms with E-state index in [1.54, 1.807) is 30.3 Å².